The van der Waals surface area contributed by atoms with Crippen LogP contribution < -0.4 is 14.8 Å². The number of carbonyl (C=O) groups is 2. The Kier molecular flexibility index (Phi) is 7.32. The number of carbonyl (C=O) groups excluding carboxylic acids is 2. The monoisotopic (exact) mass is 467 g/mol. The third-order valence-corrected chi connectivity index (χ3v) is 4.66. The summed E-state index contributed by atoms with van der Waals surface area (Å²) in [6.07, 6.45) is 2.83. The quantitative estimate of drug-likeness (QED) is 0.394. The highest BCUT2D eigenvalue weighted by Gasteiger charge is 2.25. The van der Waals surface area contributed by atoms with E-state index in [-0.39, 0.29) is 27.8 Å². The summed E-state index contributed by atoms with van der Waals surface area (Å²) in [4.78, 5) is 29.2. The molecule has 1 N–H and O–H groups in total. The van der Waals surface area contributed by atoms with E-state index in [9.17, 15) is 14.9 Å². The average molecular weight is 468 g/mol. The topological polar surface area (TPSA) is 144 Å². The number of hydrogen-bond donors (Lipinski definition) is 1. The molecule has 0 aliphatic carbocycles. The summed E-state index contributed by atoms with van der Waals surface area (Å²) < 4.78 is 11.7. The van der Waals surface area contributed by atoms with Crippen molar-refractivity contribution in [2.75, 3.05) is 19.5 Å². The van der Waals surface area contributed by atoms with Crippen molar-refractivity contribution in [2.45, 2.75) is 13.0 Å². The first-order valence-electron chi connectivity index (χ1n) is 9.42. The number of amides is 1. The molecule has 0 radical (unpaired) electrons. The van der Waals surface area contributed by atoms with Gasteiger partial charge in [0.15, 0.2) is 17.4 Å². The minimum Gasteiger partial charge on any atom is -0.495 e. The minimum atomic E-state index is -1.50. The molecule has 0 saturated carbocycles. The van der Waals surface area contributed by atoms with Crippen molar-refractivity contribution in [2.24, 2.45) is 10.2 Å². The van der Waals surface area contributed by atoms with Crippen LogP contribution in [-0.2, 0) is 9.59 Å². The molecule has 168 valence electrons. The van der Waals surface area contributed by atoms with Gasteiger partial charge >= 0.3 is 0 Å². The summed E-state index contributed by atoms with van der Waals surface area (Å²) in [6.45, 7) is 1.20. The van der Waals surface area contributed by atoms with E-state index in [1.54, 1.807) is 24.4 Å². The highest BCUT2D eigenvalue weighted by Crippen LogP contribution is 2.36. The normalized spacial score (nSPS) is 11.6. The molecule has 0 saturated heterocycles. The molecule has 0 fully saturated rings. The van der Waals surface area contributed by atoms with Gasteiger partial charge < -0.3 is 14.8 Å². The molecule has 1 amide bonds. The van der Waals surface area contributed by atoms with Gasteiger partial charge in [-0.15, -0.1) is 5.11 Å². The van der Waals surface area contributed by atoms with E-state index < -0.39 is 17.7 Å². The molecular weight excluding hydrogens is 450 g/mol. The number of nitriles is 1. The van der Waals surface area contributed by atoms with Gasteiger partial charge in [-0.3, -0.25) is 9.59 Å². The molecule has 11 nitrogen and oxygen atoms in total. The zero-order chi connectivity index (χ0) is 24.0. The number of pyridine rings is 1. The van der Waals surface area contributed by atoms with Gasteiger partial charge in [0.2, 0.25) is 6.04 Å². The Morgan fingerprint density at radius 3 is 2.61 bits per heavy atom. The number of anilines is 1. The third kappa shape index (κ3) is 5.13. The van der Waals surface area contributed by atoms with E-state index in [1.807, 2.05) is 6.07 Å². The number of halogens is 1. The SMILES string of the molecule is COc1cc(NC(=O)C(N=Nc2c(C#N)cnn2-c2ccccn2)C(C)=O)c(OC)cc1Cl. The number of hydrogen-bond acceptors (Lipinski definition) is 9. The van der Waals surface area contributed by atoms with E-state index in [0.717, 1.165) is 0 Å². The summed E-state index contributed by atoms with van der Waals surface area (Å²) in [6, 6.07) is 8.47. The smallest absolute Gasteiger partial charge is 0.258 e. The molecular formula is C21H18ClN7O4. The summed E-state index contributed by atoms with van der Waals surface area (Å²) in [5.74, 6) is -0.370. The molecule has 3 rings (SSSR count). The third-order valence-electron chi connectivity index (χ3n) is 4.36. The van der Waals surface area contributed by atoms with Gasteiger partial charge in [-0.2, -0.15) is 20.2 Å². The predicted octanol–water partition coefficient (Wildman–Crippen LogP) is 3.49. The highest BCUT2D eigenvalue weighted by atomic mass is 35.5. The van der Waals surface area contributed by atoms with E-state index in [4.69, 9.17) is 21.1 Å². The van der Waals surface area contributed by atoms with E-state index in [1.165, 1.54) is 44.2 Å². The number of azo groups is 1. The lowest BCUT2D eigenvalue weighted by Crippen LogP contribution is -2.32. The lowest BCUT2D eigenvalue weighted by Gasteiger charge is -2.14. The standard InChI is InChI=1S/C21H18ClN7O4/c1-12(30)19(21(31)26-15-9-16(32-2)14(22)8-17(15)33-3)27-28-20-13(10-23)11-25-29(20)18-6-4-5-7-24-18/h4-9,11,19H,1-3H3,(H,26,31). The maximum atomic E-state index is 12.9. The Labute approximate surface area is 193 Å². The van der Waals surface area contributed by atoms with Crippen LogP contribution in [0.15, 0.2) is 53.0 Å². The Balaban J connectivity index is 1.93. The first-order valence-corrected chi connectivity index (χ1v) is 9.80. The van der Waals surface area contributed by atoms with Gasteiger partial charge in [-0.1, -0.05) is 17.7 Å². The zero-order valence-corrected chi connectivity index (χ0v) is 18.6. The number of nitrogens with one attached hydrogen (secondary N) is 1. The number of methoxy groups -OCH3 is 2. The van der Waals surface area contributed by atoms with Gasteiger partial charge in [0.25, 0.3) is 5.91 Å². The lowest BCUT2D eigenvalue weighted by atomic mass is 10.2. The molecule has 2 heterocycles. The van der Waals surface area contributed by atoms with Crippen molar-refractivity contribution in [1.29, 1.82) is 5.26 Å². The van der Waals surface area contributed by atoms with Crippen LogP contribution in [0.3, 0.4) is 0 Å². The fourth-order valence-electron chi connectivity index (χ4n) is 2.75. The summed E-state index contributed by atoms with van der Waals surface area (Å²) >= 11 is 6.09. The fourth-order valence-corrected chi connectivity index (χ4v) is 2.98. The molecule has 0 bridgehead atoms. The van der Waals surface area contributed by atoms with Crippen LogP contribution in [0.4, 0.5) is 11.5 Å². The molecule has 1 aromatic carbocycles. The Bertz CT molecular complexity index is 1250. The number of ether oxygens (including phenoxy) is 2. The second-order valence-electron chi connectivity index (χ2n) is 6.50. The molecule has 1 unspecified atom stereocenters. The number of Topliss-reactive ketones (excluding diaryl/α,β-unsaturated/α-hetero) is 1. The molecule has 12 heteroatoms. The number of rotatable bonds is 8. The highest BCUT2D eigenvalue weighted by molar-refractivity contribution is 6.32. The van der Waals surface area contributed by atoms with Crippen LogP contribution in [-0.4, -0.2) is 46.7 Å². The average Bonchev–Trinajstić information content (AvgIpc) is 3.23. The molecule has 3 aromatic rings. The van der Waals surface area contributed by atoms with Crippen molar-refractivity contribution in [3.8, 4) is 23.4 Å². The van der Waals surface area contributed by atoms with E-state index in [0.29, 0.717) is 11.6 Å². The minimum absolute atomic E-state index is 0.0287. The summed E-state index contributed by atoms with van der Waals surface area (Å²) in [7, 11) is 2.82. The van der Waals surface area contributed by atoms with Gasteiger partial charge in [0.1, 0.15) is 23.1 Å². The van der Waals surface area contributed by atoms with Crippen LogP contribution in [0.25, 0.3) is 5.82 Å². The molecule has 1 atom stereocenters. The maximum absolute atomic E-state index is 12.9. The predicted molar refractivity (Wildman–Crippen MR) is 118 cm³/mol. The number of nitrogens with zero attached hydrogens (tertiary/aromatic N) is 6. The van der Waals surface area contributed by atoms with Crippen LogP contribution in [0.2, 0.25) is 5.02 Å². The second kappa shape index (κ2) is 10.3. The first kappa shape index (κ1) is 23.4. The maximum Gasteiger partial charge on any atom is 0.258 e. The zero-order valence-electron chi connectivity index (χ0n) is 17.8. The fraction of sp³-hybridized carbons (Fsp3) is 0.190. The summed E-state index contributed by atoms with van der Waals surface area (Å²) in [5, 5.41) is 24.2. The van der Waals surface area contributed by atoms with Crippen LogP contribution >= 0.6 is 11.6 Å². The molecule has 0 aliphatic rings. The molecule has 2 aromatic heterocycles. The van der Waals surface area contributed by atoms with Crippen molar-refractivity contribution in [3.05, 3.63) is 53.3 Å². The van der Waals surface area contributed by atoms with Crippen LogP contribution in [0.1, 0.15) is 12.5 Å². The largest absolute Gasteiger partial charge is 0.495 e. The summed E-state index contributed by atoms with van der Waals surface area (Å²) in [5.41, 5.74) is 0.317. The molecule has 0 aliphatic heterocycles. The Morgan fingerprint density at radius 1 is 1.24 bits per heavy atom. The van der Waals surface area contributed by atoms with Gasteiger partial charge in [0.05, 0.1) is 31.1 Å². The van der Waals surface area contributed by atoms with Crippen molar-refractivity contribution in [1.82, 2.24) is 14.8 Å². The van der Waals surface area contributed by atoms with E-state index in [2.05, 4.69) is 25.6 Å². The number of aromatic nitrogens is 3. The van der Waals surface area contributed by atoms with Gasteiger partial charge in [-0.25, -0.2) is 4.98 Å². The first-order chi connectivity index (χ1) is 15.9. The number of ketones is 1. The second-order valence-corrected chi connectivity index (χ2v) is 6.91. The van der Waals surface area contributed by atoms with E-state index >= 15 is 0 Å². The Hall–Kier alpha value is -4.30. The van der Waals surface area contributed by atoms with Crippen molar-refractivity contribution in [3.63, 3.8) is 0 Å². The molecule has 0 spiro atoms. The van der Waals surface area contributed by atoms with Gasteiger partial charge in [-0.05, 0) is 19.1 Å². The van der Waals surface area contributed by atoms with Crippen LogP contribution in [0.5, 0.6) is 11.5 Å². The van der Waals surface area contributed by atoms with Gasteiger partial charge in [0, 0.05) is 18.3 Å². The Morgan fingerprint density at radius 2 is 2.00 bits per heavy atom. The van der Waals surface area contributed by atoms with Crippen molar-refractivity contribution >= 4 is 34.8 Å². The molecule has 33 heavy (non-hydrogen) atoms. The number of benzene rings is 1. The lowest BCUT2D eigenvalue weighted by molar-refractivity contribution is -0.126. The van der Waals surface area contributed by atoms with Crippen molar-refractivity contribution < 1.29 is 19.1 Å². The van der Waals surface area contributed by atoms with Crippen LogP contribution in [0, 0.1) is 11.3 Å².